The summed E-state index contributed by atoms with van der Waals surface area (Å²) in [5.74, 6) is 0.0685. The van der Waals surface area contributed by atoms with Crippen molar-refractivity contribution in [1.82, 2.24) is 0 Å². The molecular weight excluding hydrogens is 429 g/mol. The maximum absolute atomic E-state index is 13.2. The van der Waals surface area contributed by atoms with Crippen LogP contribution in [0.3, 0.4) is 0 Å². The van der Waals surface area contributed by atoms with E-state index in [1.54, 1.807) is 6.07 Å². The van der Waals surface area contributed by atoms with Crippen molar-refractivity contribution < 1.29 is 17.5 Å². The van der Waals surface area contributed by atoms with Crippen LogP contribution in [0.25, 0.3) is 0 Å². The molecule has 2 N–H and O–H groups in total. The van der Waals surface area contributed by atoms with E-state index in [2.05, 4.69) is 31.9 Å². The lowest BCUT2D eigenvalue weighted by Gasteiger charge is -2.10. The summed E-state index contributed by atoms with van der Waals surface area (Å²) in [5.41, 5.74) is 0.637. The SMILES string of the molecule is NS(=O)(=O)c1ccc(OCc2cc(F)ccc2Br)c(Br)c1. The molecule has 4 nitrogen and oxygen atoms in total. The van der Waals surface area contributed by atoms with E-state index in [0.29, 0.717) is 15.8 Å². The van der Waals surface area contributed by atoms with Gasteiger partial charge in [0.1, 0.15) is 18.2 Å². The Labute approximate surface area is 138 Å². The van der Waals surface area contributed by atoms with Gasteiger partial charge in [0.25, 0.3) is 0 Å². The molecule has 0 aliphatic rings. The largest absolute Gasteiger partial charge is 0.488 e. The second-order valence-corrected chi connectivity index (χ2v) is 7.43. The van der Waals surface area contributed by atoms with Crippen LogP contribution < -0.4 is 9.88 Å². The first kappa shape index (κ1) is 16.4. The molecule has 0 saturated carbocycles. The van der Waals surface area contributed by atoms with E-state index in [9.17, 15) is 12.8 Å². The van der Waals surface area contributed by atoms with Gasteiger partial charge in [-0.15, -0.1) is 0 Å². The van der Waals surface area contributed by atoms with Crippen LogP contribution in [0, 0.1) is 5.82 Å². The van der Waals surface area contributed by atoms with E-state index in [1.807, 2.05) is 0 Å². The Morgan fingerprint density at radius 2 is 1.81 bits per heavy atom. The van der Waals surface area contributed by atoms with Crippen molar-refractivity contribution in [2.24, 2.45) is 5.14 Å². The van der Waals surface area contributed by atoms with Crippen LogP contribution in [0.4, 0.5) is 4.39 Å². The van der Waals surface area contributed by atoms with Crippen molar-refractivity contribution in [2.75, 3.05) is 0 Å². The summed E-state index contributed by atoms with van der Waals surface area (Å²) < 4.78 is 42.3. The highest BCUT2D eigenvalue weighted by atomic mass is 79.9. The number of nitrogens with two attached hydrogens (primary N) is 1. The van der Waals surface area contributed by atoms with Gasteiger partial charge in [-0.3, -0.25) is 0 Å². The van der Waals surface area contributed by atoms with Gasteiger partial charge in [0.15, 0.2) is 0 Å². The van der Waals surface area contributed by atoms with Crippen molar-refractivity contribution in [3.8, 4) is 5.75 Å². The summed E-state index contributed by atoms with van der Waals surface area (Å²) in [5, 5.41) is 5.04. The molecule has 8 heteroatoms. The number of ether oxygens (including phenoxy) is 1. The van der Waals surface area contributed by atoms with Crippen molar-refractivity contribution >= 4 is 41.9 Å². The third-order valence-corrected chi connectivity index (χ3v) is 4.93. The Morgan fingerprint density at radius 1 is 1.10 bits per heavy atom. The summed E-state index contributed by atoms with van der Waals surface area (Å²) in [6, 6.07) is 8.46. The first-order valence-electron chi connectivity index (χ1n) is 5.66. The third kappa shape index (κ3) is 4.26. The minimum atomic E-state index is -3.76. The minimum absolute atomic E-state index is 0.0198. The van der Waals surface area contributed by atoms with E-state index in [4.69, 9.17) is 9.88 Å². The molecule has 0 amide bonds. The zero-order valence-corrected chi connectivity index (χ0v) is 14.5. The van der Waals surface area contributed by atoms with Crippen molar-refractivity contribution in [3.05, 3.63) is 56.7 Å². The van der Waals surface area contributed by atoms with Gasteiger partial charge in [0, 0.05) is 10.0 Å². The van der Waals surface area contributed by atoms with E-state index in [0.717, 1.165) is 4.47 Å². The molecule has 0 atom stereocenters. The van der Waals surface area contributed by atoms with Gasteiger partial charge in [-0.1, -0.05) is 15.9 Å². The quantitative estimate of drug-likeness (QED) is 0.793. The smallest absolute Gasteiger partial charge is 0.238 e. The molecule has 0 bridgehead atoms. The topological polar surface area (TPSA) is 69.4 Å². The van der Waals surface area contributed by atoms with Crippen LogP contribution >= 0.6 is 31.9 Å². The first-order valence-corrected chi connectivity index (χ1v) is 8.79. The lowest BCUT2D eigenvalue weighted by Crippen LogP contribution is -2.12. The lowest BCUT2D eigenvalue weighted by atomic mass is 10.2. The molecule has 0 spiro atoms. The monoisotopic (exact) mass is 437 g/mol. The summed E-state index contributed by atoms with van der Waals surface area (Å²) in [6.07, 6.45) is 0. The average molecular weight is 439 g/mol. The van der Waals surface area contributed by atoms with Gasteiger partial charge in [-0.05, 0) is 52.3 Å². The van der Waals surface area contributed by atoms with E-state index < -0.39 is 10.0 Å². The maximum atomic E-state index is 13.2. The molecule has 0 aromatic heterocycles. The highest BCUT2D eigenvalue weighted by Crippen LogP contribution is 2.29. The van der Waals surface area contributed by atoms with Gasteiger partial charge in [-0.2, -0.15) is 0 Å². The number of rotatable bonds is 4. The number of hydrogen-bond donors (Lipinski definition) is 1. The Morgan fingerprint density at radius 3 is 2.43 bits per heavy atom. The zero-order valence-electron chi connectivity index (χ0n) is 10.5. The number of benzene rings is 2. The standard InChI is InChI=1S/C13H10Br2FNO3S/c14-11-3-1-9(16)5-8(11)7-20-13-4-2-10(6-12(13)15)21(17,18)19/h1-6H,7H2,(H2,17,18,19). The molecule has 0 fully saturated rings. The molecular formula is C13H10Br2FNO3S. The highest BCUT2D eigenvalue weighted by Gasteiger charge is 2.11. The Balaban J connectivity index is 2.19. The second kappa shape index (κ2) is 6.43. The maximum Gasteiger partial charge on any atom is 0.238 e. The van der Waals surface area contributed by atoms with Gasteiger partial charge in [0.05, 0.1) is 9.37 Å². The molecule has 0 aliphatic carbocycles. The number of halogens is 3. The molecule has 0 heterocycles. The van der Waals surface area contributed by atoms with E-state index in [1.165, 1.54) is 30.3 Å². The zero-order chi connectivity index (χ0) is 15.6. The fourth-order valence-electron chi connectivity index (χ4n) is 1.59. The Bertz CT molecular complexity index is 781. The summed E-state index contributed by atoms with van der Waals surface area (Å²) in [7, 11) is -3.76. The predicted molar refractivity (Wildman–Crippen MR) is 83.9 cm³/mol. The number of hydrogen-bond acceptors (Lipinski definition) is 3. The van der Waals surface area contributed by atoms with Crippen molar-refractivity contribution in [2.45, 2.75) is 11.5 Å². The number of primary sulfonamides is 1. The van der Waals surface area contributed by atoms with Gasteiger partial charge >= 0.3 is 0 Å². The van der Waals surface area contributed by atoms with E-state index >= 15 is 0 Å². The molecule has 0 unspecified atom stereocenters. The molecule has 21 heavy (non-hydrogen) atoms. The molecule has 2 rings (SSSR count). The van der Waals surface area contributed by atoms with Crippen LogP contribution in [-0.4, -0.2) is 8.42 Å². The highest BCUT2D eigenvalue weighted by molar-refractivity contribution is 9.10. The normalized spacial score (nSPS) is 11.4. The van der Waals surface area contributed by atoms with Crippen molar-refractivity contribution in [3.63, 3.8) is 0 Å². The number of sulfonamides is 1. The Kier molecular flexibility index (Phi) is 5.03. The fraction of sp³-hybridized carbons (Fsp3) is 0.0769. The molecule has 112 valence electrons. The molecule has 2 aromatic rings. The molecule has 0 radical (unpaired) electrons. The van der Waals surface area contributed by atoms with Crippen LogP contribution in [-0.2, 0) is 16.6 Å². The second-order valence-electron chi connectivity index (χ2n) is 4.16. The summed E-state index contributed by atoms with van der Waals surface area (Å²) in [4.78, 5) is -0.0198. The molecule has 0 aliphatic heterocycles. The van der Waals surface area contributed by atoms with Crippen molar-refractivity contribution in [1.29, 1.82) is 0 Å². The van der Waals surface area contributed by atoms with Gasteiger partial charge in [0.2, 0.25) is 10.0 Å². The lowest BCUT2D eigenvalue weighted by molar-refractivity contribution is 0.302. The minimum Gasteiger partial charge on any atom is -0.488 e. The van der Waals surface area contributed by atoms with Gasteiger partial charge < -0.3 is 4.74 Å². The van der Waals surface area contributed by atoms with E-state index in [-0.39, 0.29) is 17.3 Å². The van der Waals surface area contributed by atoms with Crippen LogP contribution in [0.5, 0.6) is 5.75 Å². The molecule has 2 aromatic carbocycles. The predicted octanol–water partition coefficient (Wildman–Crippen LogP) is 3.58. The van der Waals surface area contributed by atoms with Gasteiger partial charge in [-0.25, -0.2) is 17.9 Å². The first-order chi connectivity index (χ1) is 9.77. The third-order valence-electron chi connectivity index (χ3n) is 2.62. The summed E-state index contributed by atoms with van der Waals surface area (Å²) >= 11 is 6.52. The Hall–Kier alpha value is -0.960. The fourth-order valence-corrected chi connectivity index (χ4v) is 3.13. The molecule has 0 saturated heterocycles. The van der Waals surface area contributed by atoms with Crippen LogP contribution in [0.2, 0.25) is 0 Å². The average Bonchev–Trinajstić information content (AvgIpc) is 2.40. The van der Waals surface area contributed by atoms with Crippen LogP contribution in [0.1, 0.15) is 5.56 Å². The summed E-state index contributed by atoms with van der Waals surface area (Å²) in [6.45, 7) is 0.131. The van der Waals surface area contributed by atoms with Crippen LogP contribution in [0.15, 0.2) is 50.2 Å².